The van der Waals surface area contributed by atoms with Crippen LogP contribution in [0.4, 0.5) is 5.82 Å². The van der Waals surface area contributed by atoms with Crippen LogP contribution in [0.15, 0.2) is 42.9 Å². The minimum atomic E-state index is 0.658. The number of fused-ring (bicyclic) bond motifs is 1. The highest BCUT2D eigenvalue weighted by atomic mass is 16.5. The van der Waals surface area contributed by atoms with Gasteiger partial charge in [-0.1, -0.05) is 32.0 Å². The van der Waals surface area contributed by atoms with E-state index in [1.807, 2.05) is 35.0 Å². The average Bonchev–Trinajstić information content (AvgIpc) is 3.03. The maximum atomic E-state index is 5.63. The van der Waals surface area contributed by atoms with Crippen LogP contribution in [0, 0.1) is 5.92 Å². The van der Waals surface area contributed by atoms with Crippen molar-refractivity contribution < 1.29 is 4.74 Å². The minimum absolute atomic E-state index is 0.658. The molecule has 0 radical (unpaired) electrons. The zero-order valence-corrected chi connectivity index (χ0v) is 14.1. The van der Waals surface area contributed by atoms with Crippen LogP contribution in [0.1, 0.15) is 20.3 Å². The molecule has 0 spiro atoms. The van der Waals surface area contributed by atoms with E-state index < -0.39 is 0 Å². The standard InChI is InChI=1S/C18H23N5O/c1-14(2)8-10-24-11-9-19-17-16-12-22-23(18(16)21-13-20-17)15-6-4-3-5-7-15/h3-7,12-14H,8-11H2,1-2H3,(H,19,20,21). The van der Waals surface area contributed by atoms with E-state index in [0.29, 0.717) is 19.1 Å². The maximum Gasteiger partial charge on any atom is 0.168 e. The van der Waals surface area contributed by atoms with E-state index in [0.717, 1.165) is 35.6 Å². The Balaban J connectivity index is 1.66. The molecule has 1 aromatic carbocycles. The number of benzene rings is 1. The second-order valence-electron chi connectivity index (χ2n) is 6.07. The molecule has 126 valence electrons. The molecule has 0 saturated carbocycles. The van der Waals surface area contributed by atoms with E-state index in [4.69, 9.17) is 4.74 Å². The third-order valence-corrected chi connectivity index (χ3v) is 3.74. The molecule has 1 N–H and O–H groups in total. The number of ether oxygens (including phenoxy) is 1. The van der Waals surface area contributed by atoms with Gasteiger partial charge in [0.1, 0.15) is 12.1 Å². The van der Waals surface area contributed by atoms with Gasteiger partial charge in [-0.25, -0.2) is 14.6 Å². The first-order valence-electron chi connectivity index (χ1n) is 8.31. The molecule has 0 unspecified atom stereocenters. The average molecular weight is 325 g/mol. The van der Waals surface area contributed by atoms with Crippen LogP contribution in [-0.4, -0.2) is 39.5 Å². The monoisotopic (exact) mass is 325 g/mol. The van der Waals surface area contributed by atoms with Crippen LogP contribution in [-0.2, 0) is 4.74 Å². The summed E-state index contributed by atoms with van der Waals surface area (Å²) in [7, 11) is 0. The Morgan fingerprint density at radius 2 is 1.96 bits per heavy atom. The number of hydrogen-bond acceptors (Lipinski definition) is 5. The Labute approximate surface area is 141 Å². The van der Waals surface area contributed by atoms with Crippen molar-refractivity contribution in [1.82, 2.24) is 19.7 Å². The van der Waals surface area contributed by atoms with E-state index in [-0.39, 0.29) is 0 Å². The summed E-state index contributed by atoms with van der Waals surface area (Å²) in [6.07, 6.45) is 4.44. The minimum Gasteiger partial charge on any atom is -0.380 e. The van der Waals surface area contributed by atoms with E-state index in [2.05, 4.69) is 34.2 Å². The van der Waals surface area contributed by atoms with Crippen LogP contribution >= 0.6 is 0 Å². The zero-order valence-electron chi connectivity index (χ0n) is 14.1. The van der Waals surface area contributed by atoms with Gasteiger partial charge in [-0.05, 0) is 24.5 Å². The summed E-state index contributed by atoms with van der Waals surface area (Å²) < 4.78 is 7.45. The molecule has 0 aliphatic heterocycles. The molecule has 2 aromatic heterocycles. The van der Waals surface area contributed by atoms with Gasteiger partial charge in [0, 0.05) is 13.2 Å². The predicted octanol–water partition coefficient (Wildman–Crippen LogP) is 3.29. The van der Waals surface area contributed by atoms with Gasteiger partial charge < -0.3 is 10.1 Å². The van der Waals surface area contributed by atoms with Gasteiger partial charge in [0.05, 0.1) is 23.9 Å². The molecule has 0 fully saturated rings. The van der Waals surface area contributed by atoms with Crippen LogP contribution in [0.2, 0.25) is 0 Å². The highest BCUT2D eigenvalue weighted by Gasteiger charge is 2.10. The lowest BCUT2D eigenvalue weighted by atomic mass is 10.1. The number of hydrogen-bond donors (Lipinski definition) is 1. The van der Waals surface area contributed by atoms with Crippen molar-refractivity contribution >= 4 is 16.9 Å². The van der Waals surface area contributed by atoms with E-state index in [9.17, 15) is 0 Å². The third kappa shape index (κ3) is 3.89. The van der Waals surface area contributed by atoms with Gasteiger partial charge in [-0.15, -0.1) is 0 Å². The fourth-order valence-corrected chi connectivity index (χ4v) is 2.41. The van der Waals surface area contributed by atoms with Crippen molar-refractivity contribution in [2.24, 2.45) is 5.92 Å². The molecule has 0 saturated heterocycles. The largest absolute Gasteiger partial charge is 0.380 e. The topological polar surface area (TPSA) is 64.9 Å². The quantitative estimate of drug-likeness (QED) is 0.644. The highest BCUT2D eigenvalue weighted by molar-refractivity contribution is 5.87. The van der Waals surface area contributed by atoms with Crippen LogP contribution < -0.4 is 5.32 Å². The molecule has 2 heterocycles. The van der Waals surface area contributed by atoms with Crippen molar-refractivity contribution in [3.8, 4) is 5.69 Å². The van der Waals surface area contributed by atoms with Crippen LogP contribution in [0.25, 0.3) is 16.7 Å². The van der Waals surface area contributed by atoms with Gasteiger partial charge in [0.15, 0.2) is 5.65 Å². The smallest absolute Gasteiger partial charge is 0.168 e. The van der Waals surface area contributed by atoms with E-state index in [1.165, 1.54) is 0 Å². The number of nitrogens with one attached hydrogen (secondary N) is 1. The Hall–Kier alpha value is -2.47. The summed E-state index contributed by atoms with van der Waals surface area (Å²) in [6, 6.07) is 9.96. The lowest BCUT2D eigenvalue weighted by Gasteiger charge is -2.08. The molecular weight excluding hydrogens is 302 g/mol. The summed E-state index contributed by atoms with van der Waals surface area (Å²) in [5.41, 5.74) is 1.77. The van der Waals surface area contributed by atoms with Gasteiger partial charge in [-0.3, -0.25) is 0 Å². The first-order valence-corrected chi connectivity index (χ1v) is 8.31. The maximum absolute atomic E-state index is 5.63. The van der Waals surface area contributed by atoms with Crippen LogP contribution in [0.5, 0.6) is 0 Å². The Bertz CT molecular complexity index is 769. The second-order valence-corrected chi connectivity index (χ2v) is 6.07. The van der Waals surface area contributed by atoms with E-state index >= 15 is 0 Å². The van der Waals surface area contributed by atoms with Gasteiger partial charge in [0.2, 0.25) is 0 Å². The molecular formula is C18H23N5O. The molecule has 0 amide bonds. The van der Waals surface area contributed by atoms with Gasteiger partial charge >= 0.3 is 0 Å². The molecule has 6 nitrogen and oxygen atoms in total. The molecule has 0 bridgehead atoms. The van der Waals surface area contributed by atoms with Crippen molar-refractivity contribution in [2.75, 3.05) is 25.1 Å². The number of para-hydroxylation sites is 1. The summed E-state index contributed by atoms with van der Waals surface area (Å²) in [5, 5.41) is 8.66. The SMILES string of the molecule is CC(C)CCOCCNc1ncnc2c1cnn2-c1ccccc1. The molecule has 0 atom stereocenters. The Morgan fingerprint density at radius 1 is 1.12 bits per heavy atom. The van der Waals surface area contributed by atoms with Crippen molar-refractivity contribution in [1.29, 1.82) is 0 Å². The summed E-state index contributed by atoms with van der Waals surface area (Å²) in [5.74, 6) is 1.46. The molecule has 3 rings (SSSR count). The highest BCUT2D eigenvalue weighted by Crippen LogP contribution is 2.21. The van der Waals surface area contributed by atoms with Crippen LogP contribution in [0.3, 0.4) is 0 Å². The van der Waals surface area contributed by atoms with Gasteiger partial charge in [0.25, 0.3) is 0 Å². The number of nitrogens with zero attached hydrogens (tertiary/aromatic N) is 4. The first-order chi connectivity index (χ1) is 11.8. The molecule has 6 heteroatoms. The Morgan fingerprint density at radius 3 is 2.75 bits per heavy atom. The molecule has 24 heavy (non-hydrogen) atoms. The number of aromatic nitrogens is 4. The van der Waals surface area contributed by atoms with E-state index in [1.54, 1.807) is 12.5 Å². The Kier molecular flexibility index (Phi) is 5.38. The number of anilines is 1. The lowest BCUT2D eigenvalue weighted by molar-refractivity contribution is 0.132. The second kappa shape index (κ2) is 7.88. The summed E-state index contributed by atoms with van der Waals surface area (Å²) in [4.78, 5) is 8.70. The number of rotatable bonds is 8. The van der Waals surface area contributed by atoms with Crippen molar-refractivity contribution in [3.63, 3.8) is 0 Å². The lowest BCUT2D eigenvalue weighted by Crippen LogP contribution is -2.12. The molecule has 0 aliphatic carbocycles. The first kappa shape index (κ1) is 16.4. The predicted molar refractivity (Wildman–Crippen MR) is 95.4 cm³/mol. The summed E-state index contributed by atoms with van der Waals surface area (Å²) >= 11 is 0. The fraction of sp³-hybridized carbons (Fsp3) is 0.389. The third-order valence-electron chi connectivity index (χ3n) is 3.74. The molecule has 0 aliphatic rings. The van der Waals surface area contributed by atoms with Gasteiger partial charge in [-0.2, -0.15) is 5.10 Å². The normalized spacial score (nSPS) is 11.3. The van der Waals surface area contributed by atoms with Crippen molar-refractivity contribution in [3.05, 3.63) is 42.9 Å². The zero-order chi connectivity index (χ0) is 16.8. The summed E-state index contributed by atoms with van der Waals surface area (Å²) in [6.45, 7) is 6.56. The molecule has 3 aromatic rings. The van der Waals surface area contributed by atoms with Crippen molar-refractivity contribution in [2.45, 2.75) is 20.3 Å². The fourth-order valence-electron chi connectivity index (χ4n) is 2.41.